The summed E-state index contributed by atoms with van der Waals surface area (Å²) in [6.07, 6.45) is 8.07. The molecular formula is C16H30N2O2. The summed E-state index contributed by atoms with van der Waals surface area (Å²) in [6.45, 7) is 5.99. The zero-order valence-electron chi connectivity index (χ0n) is 13.3. The molecule has 2 aliphatic rings. The van der Waals surface area contributed by atoms with E-state index >= 15 is 0 Å². The van der Waals surface area contributed by atoms with Crippen LogP contribution in [0.3, 0.4) is 0 Å². The minimum atomic E-state index is -0.0572. The van der Waals surface area contributed by atoms with Gasteiger partial charge in [0.05, 0.1) is 12.1 Å². The SMILES string of the molecule is CNC1CCCC(C)(C)N(CC2CCCCCO2)C1=O. The van der Waals surface area contributed by atoms with E-state index in [-0.39, 0.29) is 23.6 Å². The third-order valence-electron chi connectivity index (χ3n) is 4.83. The molecule has 2 heterocycles. The number of amides is 1. The van der Waals surface area contributed by atoms with Gasteiger partial charge in [0.2, 0.25) is 5.91 Å². The van der Waals surface area contributed by atoms with Crippen LogP contribution in [0.5, 0.6) is 0 Å². The fourth-order valence-electron chi connectivity index (χ4n) is 3.42. The Morgan fingerprint density at radius 2 is 2.05 bits per heavy atom. The van der Waals surface area contributed by atoms with E-state index in [0.717, 1.165) is 45.3 Å². The van der Waals surface area contributed by atoms with Crippen molar-refractivity contribution in [3.8, 4) is 0 Å². The lowest BCUT2D eigenvalue weighted by Crippen LogP contribution is -2.54. The van der Waals surface area contributed by atoms with E-state index in [2.05, 4.69) is 24.1 Å². The van der Waals surface area contributed by atoms with Crippen LogP contribution in [0.25, 0.3) is 0 Å². The van der Waals surface area contributed by atoms with Gasteiger partial charge in [0, 0.05) is 18.7 Å². The molecule has 0 bridgehead atoms. The molecule has 0 spiro atoms. The van der Waals surface area contributed by atoms with Crippen molar-refractivity contribution < 1.29 is 9.53 Å². The summed E-state index contributed by atoms with van der Waals surface area (Å²) in [5.74, 6) is 0.253. The molecule has 4 nitrogen and oxygen atoms in total. The molecule has 0 aliphatic carbocycles. The summed E-state index contributed by atoms with van der Waals surface area (Å²) >= 11 is 0. The number of carbonyl (C=O) groups excluding carboxylic acids is 1. The van der Waals surface area contributed by atoms with Gasteiger partial charge in [0.1, 0.15) is 0 Å². The van der Waals surface area contributed by atoms with Crippen LogP contribution in [-0.4, -0.2) is 48.7 Å². The topological polar surface area (TPSA) is 41.6 Å². The third kappa shape index (κ3) is 3.73. The van der Waals surface area contributed by atoms with E-state index in [0.29, 0.717) is 0 Å². The van der Waals surface area contributed by atoms with Gasteiger partial charge < -0.3 is 15.0 Å². The number of hydrogen-bond acceptors (Lipinski definition) is 3. The summed E-state index contributed by atoms with van der Waals surface area (Å²) in [6, 6.07) is -0.0254. The first-order valence-electron chi connectivity index (χ1n) is 8.15. The molecule has 2 rings (SSSR count). The number of carbonyl (C=O) groups is 1. The summed E-state index contributed by atoms with van der Waals surface area (Å²) < 4.78 is 5.94. The van der Waals surface area contributed by atoms with E-state index in [1.807, 2.05) is 7.05 Å². The molecule has 1 N–H and O–H groups in total. The van der Waals surface area contributed by atoms with Crippen molar-refractivity contribution in [2.45, 2.75) is 76.5 Å². The molecule has 0 saturated carbocycles. The zero-order valence-corrected chi connectivity index (χ0v) is 13.3. The van der Waals surface area contributed by atoms with E-state index in [1.165, 1.54) is 12.8 Å². The van der Waals surface area contributed by atoms with Crippen LogP contribution >= 0.6 is 0 Å². The van der Waals surface area contributed by atoms with Crippen molar-refractivity contribution in [3.05, 3.63) is 0 Å². The van der Waals surface area contributed by atoms with Gasteiger partial charge in [-0.15, -0.1) is 0 Å². The monoisotopic (exact) mass is 282 g/mol. The Balaban J connectivity index is 2.08. The molecule has 20 heavy (non-hydrogen) atoms. The maximum atomic E-state index is 12.8. The smallest absolute Gasteiger partial charge is 0.240 e. The highest BCUT2D eigenvalue weighted by molar-refractivity contribution is 5.83. The van der Waals surface area contributed by atoms with Crippen LogP contribution in [0.1, 0.15) is 58.8 Å². The van der Waals surface area contributed by atoms with Crippen LogP contribution in [0.2, 0.25) is 0 Å². The molecule has 2 unspecified atom stereocenters. The number of nitrogens with one attached hydrogen (secondary N) is 1. The van der Waals surface area contributed by atoms with E-state index in [1.54, 1.807) is 0 Å². The quantitative estimate of drug-likeness (QED) is 0.864. The Kier molecular flexibility index (Phi) is 5.44. The number of likely N-dealkylation sites (N-methyl/N-ethyl adjacent to an activating group) is 1. The van der Waals surface area contributed by atoms with Crippen LogP contribution in [-0.2, 0) is 9.53 Å². The first-order chi connectivity index (χ1) is 9.54. The van der Waals surface area contributed by atoms with Crippen molar-refractivity contribution in [2.24, 2.45) is 0 Å². The second-order valence-corrected chi connectivity index (χ2v) is 6.84. The zero-order chi connectivity index (χ0) is 14.6. The lowest BCUT2D eigenvalue weighted by molar-refractivity contribution is -0.140. The molecule has 4 heteroatoms. The van der Waals surface area contributed by atoms with Crippen LogP contribution in [0.15, 0.2) is 0 Å². The fraction of sp³-hybridized carbons (Fsp3) is 0.938. The Morgan fingerprint density at radius 3 is 2.80 bits per heavy atom. The second kappa shape index (κ2) is 6.90. The molecule has 116 valence electrons. The van der Waals surface area contributed by atoms with Gasteiger partial charge in [-0.2, -0.15) is 0 Å². The number of likely N-dealkylation sites (tertiary alicyclic amines) is 1. The van der Waals surface area contributed by atoms with Crippen LogP contribution < -0.4 is 5.32 Å². The number of rotatable bonds is 3. The normalized spacial score (nSPS) is 31.8. The maximum Gasteiger partial charge on any atom is 0.240 e. The Morgan fingerprint density at radius 1 is 1.25 bits per heavy atom. The summed E-state index contributed by atoms with van der Waals surface area (Å²) in [7, 11) is 1.89. The molecule has 0 aromatic heterocycles. The highest BCUT2D eigenvalue weighted by Gasteiger charge is 2.38. The largest absolute Gasteiger partial charge is 0.376 e. The standard InChI is InChI=1S/C16H30N2O2/c1-16(2)10-7-9-14(17-3)15(19)18(16)12-13-8-5-4-6-11-20-13/h13-14,17H,4-12H2,1-3H3. The first kappa shape index (κ1) is 15.8. The molecule has 0 aromatic carbocycles. The van der Waals surface area contributed by atoms with Crippen molar-refractivity contribution in [3.63, 3.8) is 0 Å². The van der Waals surface area contributed by atoms with E-state index in [4.69, 9.17) is 4.74 Å². The van der Waals surface area contributed by atoms with Gasteiger partial charge in [-0.3, -0.25) is 4.79 Å². The molecule has 0 aromatic rings. The van der Waals surface area contributed by atoms with Gasteiger partial charge in [0.15, 0.2) is 0 Å². The first-order valence-corrected chi connectivity index (χ1v) is 8.15. The van der Waals surface area contributed by atoms with Crippen molar-refractivity contribution in [1.82, 2.24) is 10.2 Å². The highest BCUT2D eigenvalue weighted by atomic mass is 16.5. The molecule has 2 saturated heterocycles. The van der Waals surface area contributed by atoms with Crippen molar-refractivity contribution >= 4 is 5.91 Å². The summed E-state index contributed by atoms with van der Waals surface area (Å²) in [5.41, 5.74) is -0.0572. The molecule has 0 radical (unpaired) electrons. The lowest BCUT2D eigenvalue weighted by atomic mass is 9.96. The highest BCUT2D eigenvalue weighted by Crippen LogP contribution is 2.29. The van der Waals surface area contributed by atoms with Crippen LogP contribution in [0.4, 0.5) is 0 Å². The number of nitrogens with zero attached hydrogens (tertiary/aromatic N) is 1. The van der Waals surface area contributed by atoms with Gasteiger partial charge in [-0.1, -0.05) is 12.8 Å². The number of ether oxygens (including phenoxy) is 1. The molecule has 1 amide bonds. The van der Waals surface area contributed by atoms with Gasteiger partial charge in [-0.25, -0.2) is 0 Å². The average molecular weight is 282 g/mol. The predicted octanol–water partition coefficient (Wildman–Crippen LogP) is 2.32. The fourth-order valence-corrected chi connectivity index (χ4v) is 3.42. The average Bonchev–Trinajstić information content (AvgIpc) is 2.72. The third-order valence-corrected chi connectivity index (χ3v) is 4.83. The van der Waals surface area contributed by atoms with Gasteiger partial charge >= 0.3 is 0 Å². The summed E-state index contributed by atoms with van der Waals surface area (Å²) in [4.78, 5) is 14.8. The van der Waals surface area contributed by atoms with Crippen molar-refractivity contribution in [1.29, 1.82) is 0 Å². The lowest BCUT2D eigenvalue weighted by Gasteiger charge is -2.40. The number of hydrogen-bond donors (Lipinski definition) is 1. The van der Waals surface area contributed by atoms with E-state index < -0.39 is 0 Å². The van der Waals surface area contributed by atoms with Crippen molar-refractivity contribution in [2.75, 3.05) is 20.2 Å². The van der Waals surface area contributed by atoms with E-state index in [9.17, 15) is 4.79 Å². The van der Waals surface area contributed by atoms with Crippen LogP contribution in [0, 0.1) is 0 Å². The molecular weight excluding hydrogens is 252 g/mol. The minimum absolute atomic E-state index is 0.0254. The second-order valence-electron chi connectivity index (χ2n) is 6.84. The Bertz CT molecular complexity index is 322. The predicted molar refractivity (Wildman–Crippen MR) is 80.7 cm³/mol. The van der Waals surface area contributed by atoms with Gasteiger partial charge in [-0.05, 0) is 53.0 Å². The molecule has 2 aliphatic heterocycles. The maximum absolute atomic E-state index is 12.8. The Hall–Kier alpha value is -0.610. The van der Waals surface area contributed by atoms with Gasteiger partial charge in [0.25, 0.3) is 0 Å². The molecule has 2 fully saturated rings. The molecule has 2 atom stereocenters. The summed E-state index contributed by atoms with van der Waals surface area (Å²) in [5, 5.41) is 3.18. The Labute approximate surface area is 123 Å². The minimum Gasteiger partial charge on any atom is -0.376 e.